The standard InChI is InChI=1S/C45H67N9O5S.CH5N/c1-32-8-6-10-39(32)53(31-56)43(47-4)38(45(2)20-21-45)28-48-35-18-26-52(27-19-35)60(59)51-24-14-33(15-25-51)29-50-22-16-34(17-23-50)37-9-7-11-40-42(37)49(5)44(58)54(40)36(30-55)12-13-41(57)46-3;1-2/h7,9,11,28,30-36,39H,4,6,8,10,12-27,29H2,1-3,5H3,(H,46,57);2H2,1H3/b43-38-,48-28?;. The average Bonchev–Trinajstić information content (AvgIpc) is 3.83. The van der Waals surface area contributed by atoms with Crippen molar-refractivity contribution in [2.24, 2.45) is 40.0 Å². The second kappa shape index (κ2) is 21.7. The van der Waals surface area contributed by atoms with Crippen molar-refractivity contribution in [2.45, 2.75) is 121 Å². The summed E-state index contributed by atoms with van der Waals surface area (Å²) in [5.74, 6) is 1.84. The molecule has 3 saturated heterocycles. The number of hydrogen-bond donors (Lipinski definition) is 2. The highest BCUT2D eigenvalue weighted by atomic mass is 32.2. The Bertz CT molecular complexity index is 2020. The molecule has 3 N–H and O–H groups in total. The molecule has 4 unspecified atom stereocenters. The van der Waals surface area contributed by atoms with E-state index in [1.54, 1.807) is 23.2 Å². The van der Waals surface area contributed by atoms with Gasteiger partial charge in [0.05, 0.1) is 23.1 Å². The normalized spacial score (nSPS) is 24.5. The number of nitrogens with two attached hydrogens (primary N) is 1. The number of allylic oxidation sites excluding steroid dienone is 1. The summed E-state index contributed by atoms with van der Waals surface area (Å²) in [4.78, 5) is 63.8. The van der Waals surface area contributed by atoms with Crippen molar-refractivity contribution in [3.05, 3.63) is 45.6 Å². The number of imidazole rings is 1. The highest BCUT2D eigenvalue weighted by Gasteiger charge is 2.44. The number of hydrogen-bond acceptors (Lipinski definition) is 9. The third kappa shape index (κ3) is 10.6. The summed E-state index contributed by atoms with van der Waals surface area (Å²) < 4.78 is 21.3. The van der Waals surface area contributed by atoms with Gasteiger partial charge in [0.15, 0.2) is 11.2 Å². The summed E-state index contributed by atoms with van der Waals surface area (Å²) in [7, 11) is 4.85. The van der Waals surface area contributed by atoms with Crippen molar-refractivity contribution >= 4 is 53.7 Å². The van der Waals surface area contributed by atoms with Gasteiger partial charge >= 0.3 is 5.69 Å². The first-order valence-corrected chi connectivity index (χ1v) is 24.1. The summed E-state index contributed by atoms with van der Waals surface area (Å²) in [5, 5.41) is 2.59. The van der Waals surface area contributed by atoms with E-state index in [9.17, 15) is 23.4 Å². The van der Waals surface area contributed by atoms with Crippen LogP contribution in [0.15, 0.2) is 44.4 Å². The van der Waals surface area contributed by atoms with Gasteiger partial charge in [0.25, 0.3) is 0 Å². The minimum absolute atomic E-state index is 0.0277. The Labute approximate surface area is 370 Å². The number of benzene rings is 1. The van der Waals surface area contributed by atoms with Crippen LogP contribution in [0.25, 0.3) is 11.0 Å². The van der Waals surface area contributed by atoms with Gasteiger partial charge in [-0.2, -0.15) is 0 Å². The summed E-state index contributed by atoms with van der Waals surface area (Å²) in [6, 6.07) is 5.62. The molecular weight excluding hydrogens is 805 g/mol. The van der Waals surface area contributed by atoms with Gasteiger partial charge < -0.3 is 20.7 Å². The maximum atomic E-state index is 13.8. The molecule has 1 aromatic carbocycles. The quantitative estimate of drug-likeness (QED) is 0.174. The van der Waals surface area contributed by atoms with Crippen LogP contribution in [0.4, 0.5) is 0 Å². The number of rotatable bonds is 17. The summed E-state index contributed by atoms with van der Waals surface area (Å²) in [6.07, 6.45) is 15.3. The maximum absolute atomic E-state index is 13.8. The number of carbonyl (C=O) groups excluding carboxylic acids is 3. The van der Waals surface area contributed by atoms with Crippen molar-refractivity contribution in [1.82, 2.24) is 32.9 Å². The van der Waals surface area contributed by atoms with Gasteiger partial charge in [-0.25, -0.2) is 22.6 Å². The van der Waals surface area contributed by atoms with E-state index in [-0.39, 0.29) is 41.9 Å². The molecule has 62 heavy (non-hydrogen) atoms. The van der Waals surface area contributed by atoms with Crippen LogP contribution >= 0.6 is 0 Å². The Hall–Kier alpha value is -3.83. The predicted molar refractivity (Wildman–Crippen MR) is 248 cm³/mol. The van der Waals surface area contributed by atoms with Crippen LogP contribution in [0.5, 0.6) is 0 Å². The van der Waals surface area contributed by atoms with Crippen molar-refractivity contribution in [3.63, 3.8) is 0 Å². The van der Waals surface area contributed by atoms with Gasteiger partial charge in [-0.3, -0.25) is 28.6 Å². The van der Waals surface area contributed by atoms with Crippen molar-refractivity contribution < 1.29 is 18.6 Å². The number of aromatic nitrogens is 2. The van der Waals surface area contributed by atoms with E-state index in [4.69, 9.17) is 4.99 Å². The minimum atomic E-state index is -1.16. The van der Waals surface area contributed by atoms with E-state index >= 15 is 0 Å². The number of aldehydes is 1. The molecule has 0 bridgehead atoms. The van der Waals surface area contributed by atoms with Crippen molar-refractivity contribution in [1.29, 1.82) is 0 Å². The van der Waals surface area contributed by atoms with Gasteiger partial charge in [0.2, 0.25) is 12.3 Å². The van der Waals surface area contributed by atoms with Gasteiger partial charge in [-0.05, 0) is 132 Å². The SMILES string of the molecule is C=N/C(=C(\C=NC1CCN(S(=O)N2CCC(CN3CCC(c4cccc5c4n(C)c(=O)n5C(C=O)CCC(=O)NC)CC3)CC2)CC1)C1(C)CC1)N(C=O)C1CCCC1C.CN. The third-order valence-electron chi connectivity index (χ3n) is 14.5. The van der Waals surface area contributed by atoms with E-state index in [0.29, 0.717) is 23.6 Å². The van der Waals surface area contributed by atoms with Gasteiger partial charge in [0, 0.05) is 71.1 Å². The molecule has 15 nitrogen and oxygen atoms in total. The molecule has 342 valence electrons. The average molecular weight is 877 g/mol. The molecule has 16 heteroatoms. The van der Waals surface area contributed by atoms with E-state index in [1.807, 2.05) is 23.2 Å². The Morgan fingerprint density at radius 1 is 1.02 bits per heavy atom. The summed E-state index contributed by atoms with van der Waals surface area (Å²) in [5.41, 5.74) is 8.04. The number of nitrogens with zero attached hydrogens (tertiary/aromatic N) is 8. The molecule has 5 aliphatic rings. The lowest BCUT2D eigenvalue weighted by Gasteiger charge is -2.39. The zero-order chi connectivity index (χ0) is 44.6. The molecule has 2 aromatic rings. The lowest BCUT2D eigenvalue weighted by Crippen LogP contribution is -2.47. The molecule has 0 spiro atoms. The number of para-hydroxylation sites is 1. The first-order valence-electron chi connectivity index (χ1n) is 23.1. The zero-order valence-electron chi connectivity index (χ0n) is 37.9. The van der Waals surface area contributed by atoms with E-state index in [0.717, 1.165) is 151 Å². The zero-order valence-corrected chi connectivity index (χ0v) is 38.7. The Kier molecular flexibility index (Phi) is 16.7. The Morgan fingerprint density at radius 3 is 2.24 bits per heavy atom. The number of piperidine rings is 3. The van der Waals surface area contributed by atoms with Crippen LogP contribution in [0, 0.1) is 17.3 Å². The first-order chi connectivity index (χ1) is 30.0. The molecule has 4 atom stereocenters. The Balaban J connectivity index is 0.00000316. The number of nitrogens with one attached hydrogen (secondary N) is 1. The lowest BCUT2D eigenvalue weighted by molar-refractivity contribution is -0.121. The van der Waals surface area contributed by atoms with Crippen molar-refractivity contribution in [3.8, 4) is 0 Å². The number of aryl methyl sites for hydroxylation is 1. The summed E-state index contributed by atoms with van der Waals surface area (Å²) in [6.45, 7) is 14.5. The van der Waals surface area contributed by atoms with Crippen molar-refractivity contribution in [2.75, 3.05) is 59.9 Å². The van der Waals surface area contributed by atoms with Crippen LogP contribution in [0.1, 0.15) is 115 Å². The molecule has 2 saturated carbocycles. The highest BCUT2D eigenvalue weighted by Crippen LogP contribution is 2.52. The number of amides is 2. The summed E-state index contributed by atoms with van der Waals surface area (Å²) >= 11 is -1.16. The van der Waals surface area contributed by atoms with Crippen LogP contribution in [-0.4, -0.2) is 135 Å². The fourth-order valence-electron chi connectivity index (χ4n) is 10.4. The molecule has 0 radical (unpaired) electrons. The fraction of sp³-hybridized carbons (Fsp3) is 0.696. The third-order valence-corrected chi connectivity index (χ3v) is 16.2. The van der Waals surface area contributed by atoms with Crippen LogP contribution in [-0.2, 0) is 32.6 Å². The second-order valence-electron chi connectivity index (χ2n) is 18.4. The van der Waals surface area contributed by atoms with E-state index in [2.05, 4.69) is 56.2 Å². The largest absolute Gasteiger partial charge is 0.359 e. The molecule has 1 aromatic heterocycles. The smallest absolute Gasteiger partial charge is 0.329 e. The molecular formula is C46H72N10O5S. The Morgan fingerprint density at radius 2 is 1.68 bits per heavy atom. The first kappa shape index (κ1) is 47.6. The number of likely N-dealkylation sites (tertiary alicyclic amines) is 1. The van der Waals surface area contributed by atoms with E-state index < -0.39 is 17.2 Å². The number of fused-ring (bicyclic) bond motifs is 1. The van der Waals surface area contributed by atoms with Crippen LogP contribution in [0.2, 0.25) is 0 Å². The fourth-order valence-corrected chi connectivity index (χ4v) is 11.8. The molecule has 5 fully saturated rings. The molecule has 7 rings (SSSR count). The van der Waals surface area contributed by atoms with Crippen LogP contribution < -0.4 is 16.7 Å². The topological polar surface area (TPSA) is 171 Å². The molecule has 4 heterocycles. The van der Waals surface area contributed by atoms with Gasteiger partial charge in [-0.1, -0.05) is 32.4 Å². The second-order valence-corrected chi connectivity index (χ2v) is 19.9. The number of carbonyl (C=O) groups is 3. The lowest BCUT2D eigenvalue weighted by atomic mass is 9.87. The number of aliphatic imine (C=N–C) groups is 2. The molecule has 2 amide bonds. The highest BCUT2D eigenvalue weighted by molar-refractivity contribution is 7.80. The monoisotopic (exact) mass is 877 g/mol. The molecule has 3 aliphatic heterocycles. The molecule has 2 aliphatic carbocycles. The minimum Gasteiger partial charge on any atom is -0.359 e. The van der Waals surface area contributed by atoms with Crippen LogP contribution in [0.3, 0.4) is 0 Å². The van der Waals surface area contributed by atoms with Gasteiger partial charge in [0.1, 0.15) is 12.1 Å². The maximum Gasteiger partial charge on any atom is 0.329 e. The van der Waals surface area contributed by atoms with E-state index in [1.165, 1.54) is 7.05 Å². The van der Waals surface area contributed by atoms with Gasteiger partial charge in [-0.15, -0.1) is 0 Å². The predicted octanol–water partition coefficient (Wildman–Crippen LogP) is 4.55.